The first-order valence-electron chi connectivity index (χ1n) is 11.5. The van der Waals surface area contributed by atoms with E-state index >= 15 is 0 Å². The minimum Gasteiger partial charge on any atom is -0.872 e. The molecule has 2 aliphatic heterocycles. The van der Waals surface area contributed by atoms with Gasteiger partial charge in [-0.1, -0.05) is 24.0 Å². The number of carbonyl (C=O) groups is 2. The first-order chi connectivity index (χ1) is 16.7. The van der Waals surface area contributed by atoms with Crippen molar-refractivity contribution in [3.63, 3.8) is 0 Å². The fourth-order valence-electron chi connectivity index (χ4n) is 4.40. The van der Waals surface area contributed by atoms with Crippen molar-refractivity contribution in [1.82, 2.24) is 9.21 Å². The van der Waals surface area contributed by atoms with Gasteiger partial charge in [-0.2, -0.15) is 0 Å². The summed E-state index contributed by atoms with van der Waals surface area (Å²) >= 11 is 1.39. The largest absolute Gasteiger partial charge is 0.872 e. The van der Waals surface area contributed by atoms with Crippen molar-refractivity contribution in [3.05, 3.63) is 57.8 Å². The lowest BCUT2D eigenvalue weighted by Crippen LogP contribution is -3.14. The van der Waals surface area contributed by atoms with Crippen molar-refractivity contribution in [1.29, 1.82) is 0 Å². The van der Waals surface area contributed by atoms with Crippen LogP contribution in [0.3, 0.4) is 0 Å². The van der Waals surface area contributed by atoms with Crippen LogP contribution in [0.5, 0.6) is 0 Å². The number of morpholine rings is 1. The Balaban J connectivity index is 1.63. The van der Waals surface area contributed by atoms with Crippen molar-refractivity contribution < 1.29 is 32.8 Å². The third-order valence-corrected chi connectivity index (χ3v) is 9.12. The zero-order valence-corrected chi connectivity index (χ0v) is 21.4. The van der Waals surface area contributed by atoms with Gasteiger partial charge in [-0.05, 0) is 29.1 Å². The monoisotopic (exact) mass is 519 g/mol. The van der Waals surface area contributed by atoms with E-state index in [1.54, 1.807) is 0 Å². The van der Waals surface area contributed by atoms with E-state index in [1.165, 1.54) is 59.5 Å². The van der Waals surface area contributed by atoms with E-state index in [9.17, 15) is 23.1 Å². The van der Waals surface area contributed by atoms with Gasteiger partial charge in [-0.25, -0.2) is 12.7 Å². The van der Waals surface area contributed by atoms with Gasteiger partial charge in [-0.15, -0.1) is 11.3 Å². The normalized spacial score (nSPS) is 21.2. The maximum Gasteiger partial charge on any atom is 0.295 e. The maximum atomic E-state index is 13.5. The number of ketones is 1. The zero-order valence-electron chi connectivity index (χ0n) is 19.7. The SMILES string of the molecule is CN(C)S(=O)(=O)c1ccc(/C([O-])=C2\C(=O)C(=O)N(CCC[NH+]3CCOCC3)C2c2cccs2)cc1. The van der Waals surface area contributed by atoms with Gasteiger partial charge in [0.05, 0.1) is 30.7 Å². The van der Waals surface area contributed by atoms with Crippen LogP contribution in [-0.4, -0.2) is 82.8 Å². The Morgan fingerprint density at radius 1 is 1.17 bits per heavy atom. The number of carbonyl (C=O) groups excluding carboxylic acids is 2. The van der Waals surface area contributed by atoms with Crippen LogP contribution in [0.15, 0.2) is 52.2 Å². The molecule has 2 aliphatic rings. The first-order valence-corrected chi connectivity index (χ1v) is 13.8. The van der Waals surface area contributed by atoms with E-state index in [-0.39, 0.29) is 16.0 Å². The van der Waals surface area contributed by atoms with Gasteiger partial charge >= 0.3 is 0 Å². The van der Waals surface area contributed by atoms with Gasteiger partial charge in [0.1, 0.15) is 13.1 Å². The summed E-state index contributed by atoms with van der Waals surface area (Å²) in [5.74, 6) is -2.02. The summed E-state index contributed by atoms with van der Waals surface area (Å²) < 4.78 is 31.2. The van der Waals surface area contributed by atoms with Crippen molar-refractivity contribution in [2.75, 3.05) is 53.5 Å². The van der Waals surface area contributed by atoms with E-state index < -0.39 is 33.5 Å². The number of Topliss-reactive ketones (excluding diaryl/α,β-unsaturated/α-hetero) is 1. The molecule has 0 aliphatic carbocycles. The molecule has 188 valence electrons. The molecule has 0 spiro atoms. The zero-order chi connectivity index (χ0) is 25.2. The number of benzene rings is 1. The van der Waals surface area contributed by atoms with E-state index in [4.69, 9.17) is 4.74 Å². The molecule has 11 heteroatoms. The molecule has 2 aromatic rings. The van der Waals surface area contributed by atoms with Crippen molar-refractivity contribution in [3.8, 4) is 0 Å². The summed E-state index contributed by atoms with van der Waals surface area (Å²) in [4.78, 5) is 29.7. The van der Waals surface area contributed by atoms with Crippen LogP contribution in [0.4, 0.5) is 0 Å². The number of quaternary nitrogens is 1. The lowest BCUT2D eigenvalue weighted by atomic mass is 10.00. The minimum absolute atomic E-state index is 0.0416. The number of hydrogen-bond acceptors (Lipinski definition) is 7. The predicted molar refractivity (Wildman–Crippen MR) is 129 cm³/mol. The molecule has 1 aromatic heterocycles. The standard InChI is InChI=1S/C24H29N3O6S2/c1-25(2)35(31,32)18-8-6-17(7-9-18)22(28)20-21(19-5-3-16-34-19)27(24(30)23(20)29)11-4-10-26-12-14-33-15-13-26/h3,5-9,16,21,28H,4,10-15H2,1-2H3/b22-20+. The summed E-state index contributed by atoms with van der Waals surface area (Å²) in [5.41, 5.74) is 0.0828. The summed E-state index contributed by atoms with van der Waals surface area (Å²) in [6, 6.07) is 8.36. The Bertz CT molecular complexity index is 1200. The number of nitrogens with zero attached hydrogens (tertiary/aromatic N) is 2. The molecule has 1 aromatic carbocycles. The lowest BCUT2D eigenvalue weighted by molar-refractivity contribution is -0.908. The first kappa shape index (κ1) is 25.5. The highest BCUT2D eigenvalue weighted by atomic mass is 32.2. The second-order valence-corrected chi connectivity index (χ2v) is 11.9. The smallest absolute Gasteiger partial charge is 0.295 e. The molecule has 2 fully saturated rings. The molecule has 9 nitrogen and oxygen atoms in total. The van der Waals surface area contributed by atoms with Crippen molar-refractivity contribution >= 4 is 38.8 Å². The number of nitrogens with one attached hydrogen (secondary N) is 1. The minimum atomic E-state index is -3.65. The Kier molecular flexibility index (Phi) is 7.72. The molecule has 1 atom stereocenters. The number of likely N-dealkylation sites (tertiary alicyclic amines) is 1. The van der Waals surface area contributed by atoms with Gasteiger partial charge < -0.3 is 19.6 Å². The highest BCUT2D eigenvalue weighted by Crippen LogP contribution is 2.40. The average Bonchev–Trinajstić information content (AvgIpc) is 3.47. The van der Waals surface area contributed by atoms with Crippen molar-refractivity contribution in [2.45, 2.75) is 17.4 Å². The summed E-state index contributed by atoms with van der Waals surface area (Å²) in [6.07, 6.45) is 0.703. The van der Waals surface area contributed by atoms with Gasteiger partial charge in [-0.3, -0.25) is 9.59 Å². The summed E-state index contributed by atoms with van der Waals surface area (Å²) in [7, 11) is -0.806. The van der Waals surface area contributed by atoms with Crippen LogP contribution < -0.4 is 10.0 Å². The molecule has 0 bridgehead atoms. The van der Waals surface area contributed by atoms with Crippen LogP contribution in [0.25, 0.3) is 5.76 Å². The molecule has 1 N–H and O–H groups in total. The van der Waals surface area contributed by atoms with E-state index in [2.05, 4.69) is 0 Å². The van der Waals surface area contributed by atoms with Gasteiger partial charge in [0.15, 0.2) is 0 Å². The second-order valence-electron chi connectivity index (χ2n) is 8.77. The molecule has 35 heavy (non-hydrogen) atoms. The summed E-state index contributed by atoms with van der Waals surface area (Å²) in [6.45, 7) is 4.48. The fourth-order valence-corrected chi connectivity index (χ4v) is 6.14. The summed E-state index contributed by atoms with van der Waals surface area (Å²) in [5, 5.41) is 15.3. The highest BCUT2D eigenvalue weighted by Gasteiger charge is 2.44. The molecule has 0 saturated carbocycles. The number of sulfonamides is 1. The topological polar surface area (TPSA) is 111 Å². The number of amides is 1. The third-order valence-electron chi connectivity index (χ3n) is 6.37. The lowest BCUT2D eigenvalue weighted by Gasteiger charge is -2.28. The van der Waals surface area contributed by atoms with Crippen molar-refractivity contribution in [2.24, 2.45) is 0 Å². The van der Waals surface area contributed by atoms with Crippen LogP contribution in [0.1, 0.15) is 22.9 Å². The Morgan fingerprint density at radius 3 is 2.46 bits per heavy atom. The van der Waals surface area contributed by atoms with Crippen LogP contribution in [-0.2, 0) is 24.3 Å². The van der Waals surface area contributed by atoms with Crippen LogP contribution in [0, 0.1) is 0 Å². The highest BCUT2D eigenvalue weighted by molar-refractivity contribution is 7.89. The number of thiophene rings is 1. The molecule has 1 unspecified atom stereocenters. The molecule has 0 radical (unpaired) electrons. The Morgan fingerprint density at radius 2 is 1.86 bits per heavy atom. The maximum absolute atomic E-state index is 13.5. The molecule has 1 amide bonds. The van der Waals surface area contributed by atoms with E-state index in [0.29, 0.717) is 13.0 Å². The quantitative estimate of drug-likeness (QED) is 0.287. The van der Waals surface area contributed by atoms with Crippen LogP contribution in [0.2, 0.25) is 0 Å². The van der Waals surface area contributed by atoms with E-state index in [1.807, 2.05) is 17.5 Å². The Labute approximate surface area is 209 Å². The molecule has 4 rings (SSSR count). The molecule has 3 heterocycles. The Hall–Kier alpha value is -2.57. The van der Waals surface area contributed by atoms with E-state index in [0.717, 1.165) is 42.0 Å². The molecular formula is C24H29N3O6S2. The molecular weight excluding hydrogens is 490 g/mol. The second kappa shape index (κ2) is 10.6. The third kappa shape index (κ3) is 5.19. The number of ether oxygens (including phenoxy) is 1. The number of rotatable bonds is 8. The fraction of sp³-hybridized carbons (Fsp3) is 0.417. The molecule has 2 saturated heterocycles. The number of hydrogen-bond donors (Lipinski definition) is 1. The van der Waals surface area contributed by atoms with Gasteiger partial charge in [0.25, 0.3) is 5.91 Å². The van der Waals surface area contributed by atoms with Gasteiger partial charge in [0, 0.05) is 37.5 Å². The van der Waals surface area contributed by atoms with Crippen LogP contribution >= 0.6 is 11.3 Å². The predicted octanol–water partition coefficient (Wildman–Crippen LogP) is -0.472. The van der Waals surface area contributed by atoms with Gasteiger partial charge in [0.2, 0.25) is 15.8 Å². The average molecular weight is 520 g/mol.